The van der Waals surface area contributed by atoms with Crippen molar-refractivity contribution in [1.29, 1.82) is 0 Å². The summed E-state index contributed by atoms with van der Waals surface area (Å²) in [5.74, 6) is -2.85. The lowest BCUT2D eigenvalue weighted by molar-refractivity contribution is -0.195. The first-order valence-electron chi connectivity index (χ1n) is 9.87. The molecule has 0 radical (unpaired) electrons. The Balaban J connectivity index is 1.51. The summed E-state index contributed by atoms with van der Waals surface area (Å²) in [5, 5.41) is 0.321. The smallest absolute Gasteiger partial charge is 0.420 e. The molecular formula is C21H20N2O9. The van der Waals surface area contributed by atoms with Crippen LogP contribution in [-0.2, 0) is 38.3 Å². The van der Waals surface area contributed by atoms with Gasteiger partial charge in [-0.05, 0) is 12.8 Å². The molecule has 1 aromatic rings. The molecule has 2 aliphatic rings. The molecule has 0 saturated carbocycles. The number of rotatable bonds is 9. The van der Waals surface area contributed by atoms with Gasteiger partial charge in [-0.1, -0.05) is 35.4 Å². The summed E-state index contributed by atoms with van der Waals surface area (Å²) < 4.78 is 10.3. The van der Waals surface area contributed by atoms with Gasteiger partial charge >= 0.3 is 12.1 Å². The Morgan fingerprint density at radius 1 is 0.875 bits per heavy atom. The molecule has 1 atom stereocenters. The molecule has 1 saturated heterocycles. The van der Waals surface area contributed by atoms with Crippen molar-refractivity contribution >= 4 is 35.8 Å². The first-order valence-corrected chi connectivity index (χ1v) is 9.87. The van der Waals surface area contributed by atoms with E-state index < -0.39 is 42.0 Å². The Labute approximate surface area is 182 Å². The van der Waals surface area contributed by atoms with Gasteiger partial charge in [-0.2, -0.15) is 0 Å². The summed E-state index contributed by atoms with van der Waals surface area (Å²) in [6, 6.07) is 8.08. The third-order valence-electron chi connectivity index (χ3n) is 4.60. The number of hydrogen-bond donors (Lipinski definition) is 0. The van der Waals surface area contributed by atoms with Crippen molar-refractivity contribution < 1.29 is 43.1 Å². The summed E-state index contributed by atoms with van der Waals surface area (Å²) in [6.07, 6.45) is 0.00623. The Kier molecular flexibility index (Phi) is 7.32. The number of esters is 1. The second-order valence-electron chi connectivity index (χ2n) is 6.89. The van der Waals surface area contributed by atoms with Gasteiger partial charge in [0.25, 0.3) is 29.9 Å². The molecule has 3 rings (SSSR count). The van der Waals surface area contributed by atoms with Crippen molar-refractivity contribution in [3.63, 3.8) is 0 Å². The minimum Gasteiger partial charge on any atom is -0.420 e. The van der Waals surface area contributed by atoms with Crippen LogP contribution in [0.2, 0.25) is 0 Å². The minimum absolute atomic E-state index is 0.0610. The topological polar surface area (TPSA) is 137 Å². The zero-order valence-electron chi connectivity index (χ0n) is 16.9. The summed E-state index contributed by atoms with van der Waals surface area (Å²) in [5.41, 5.74) is 0.330. The van der Waals surface area contributed by atoms with E-state index >= 15 is 0 Å². The van der Waals surface area contributed by atoms with Gasteiger partial charge < -0.3 is 9.47 Å². The highest BCUT2D eigenvalue weighted by Crippen LogP contribution is 2.22. The Morgan fingerprint density at radius 2 is 1.50 bits per heavy atom. The van der Waals surface area contributed by atoms with Crippen LogP contribution in [0.5, 0.6) is 0 Å². The quantitative estimate of drug-likeness (QED) is 0.240. The lowest BCUT2D eigenvalue weighted by Crippen LogP contribution is -2.33. The molecule has 0 N–H and O–H groups in total. The van der Waals surface area contributed by atoms with Gasteiger partial charge in [-0.25, -0.2) is 4.79 Å². The normalized spacial score (nSPS) is 16.5. The summed E-state index contributed by atoms with van der Waals surface area (Å²) in [7, 11) is 0. The molecule has 1 aromatic carbocycles. The molecule has 1 fully saturated rings. The maximum Gasteiger partial charge on any atom is 0.537 e. The van der Waals surface area contributed by atoms with E-state index in [0.717, 1.165) is 4.90 Å². The monoisotopic (exact) mass is 444 g/mol. The lowest BCUT2D eigenvalue weighted by atomic mass is 10.2. The number of amides is 4. The molecule has 11 nitrogen and oxygen atoms in total. The van der Waals surface area contributed by atoms with Gasteiger partial charge in [-0.15, -0.1) is 0 Å². The predicted molar refractivity (Wildman–Crippen MR) is 104 cm³/mol. The molecule has 11 heteroatoms. The van der Waals surface area contributed by atoms with Crippen LogP contribution in [0.4, 0.5) is 4.79 Å². The Bertz CT molecular complexity index is 923. The maximum absolute atomic E-state index is 12.2. The number of ether oxygens (including phenoxy) is 2. The van der Waals surface area contributed by atoms with E-state index in [1.54, 1.807) is 30.3 Å². The van der Waals surface area contributed by atoms with Crippen molar-refractivity contribution in [3.05, 3.63) is 48.0 Å². The van der Waals surface area contributed by atoms with Gasteiger partial charge in [0.1, 0.15) is 0 Å². The third-order valence-corrected chi connectivity index (χ3v) is 4.60. The second-order valence-corrected chi connectivity index (χ2v) is 6.89. The van der Waals surface area contributed by atoms with E-state index in [2.05, 4.69) is 4.84 Å². The number of unbranched alkanes of at least 4 members (excludes halogenated alkanes) is 1. The molecule has 168 valence electrons. The van der Waals surface area contributed by atoms with Crippen molar-refractivity contribution in [2.75, 3.05) is 6.54 Å². The van der Waals surface area contributed by atoms with Crippen molar-refractivity contribution in [2.45, 2.75) is 38.4 Å². The van der Waals surface area contributed by atoms with Gasteiger partial charge in [0.15, 0.2) is 0 Å². The standard InChI is InChI=1S/C21H20N2O9/c24-15-9-10-16(25)22(15)13-5-4-8-19(28)30-20(14-6-2-1-3-7-14)31-21(29)32-23-17(26)11-12-18(23)27/h1-3,6-7,9-10,20H,4-5,8,11-13H2. The van der Waals surface area contributed by atoms with Crippen LogP contribution in [0.3, 0.4) is 0 Å². The number of nitrogens with zero attached hydrogens (tertiary/aromatic N) is 2. The van der Waals surface area contributed by atoms with Crippen LogP contribution in [0.15, 0.2) is 42.5 Å². The van der Waals surface area contributed by atoms with Crippen molar-refractivity contribution in [3.8, 4) is 0 Å². The highest BCUT2D eigenvalue weighted by Gasteiger charge is 2.34. The molecule has 1 unspecified atom stereocenters. The van der Waals surface area contributed by atoms with Gasteiger partial charge in [0.05, 0.1) is 0 Å². The van der Waals surface area contributed by atoms with Crippen molar-refractivity contribution in [2.24, 2.45) is 0 Å². The van der Waals surface area contributed by atoms with E-state index in [1.165, 1.54) is 12.2 Å². The molecule has 4 amide bonds. The zero-order chi connectivity index (χ0) is 23.1. The first-order chi connectivity index (χ1) is 15.3. The molecular weight excluding hydrogens is 424 g/mol. The number of carbonyl (C=O) groups excluding carboxylic acids is 6. The van der Waals surface area contributed by atoms with Gasteiger partial charge in [-0.3, -0.25) is 33.7 Å². The molecule has 0 bridgehead atoms. The van der Waals surface area contributed by atoms with Gasteiger partial charge in [0, 0.05) is 43.5 Å². The van der Waals surface area contributed by atoms with Crippen LogP contribution in [0.1, 0.15) is 44.0 Å². The number of hydrogen-bond acceptors (Lipinski definition) is 9. The van der Waals surface area contributed by atoms with Crippen LogP contribution in [0.25, 0.3) is 0 Å². The van der Waals surface area contributed by atoms with E-state index in [0.29, 0.717) is 23.5 Å². The lowest BCUT2D eigenvalue weighted by Gasteiger charge is -2.20. The largest absolute Gasteiger partial charge is 0.537 e. The Morgan fingerprint density at radius 3 is 2.12 bits per heavy atom. The SMILES string of the molecule is O=C(CCCCN1C(=O)C=CC1=O)OC(OC(=O)ON1C(=O)CCC1=O)c1ccccc1. The first kappa shape index (κ1) is 22.7. The molecule has 2 aliphatic heterocycles. The zero-order valence-corrected chi connectivity index (χ0v) is 16.9. The molecule has 2 heterocycles. The summed E-state index contributed by atoms with van der Waals surface area (Å²) in [6.45, 7) is 0.167. The number of benzene rings is 1. The fraction of sp³-hybridized carbons (Fsp3) is 0.333. The highest BCUT2D eigenvalue weighted by atomic mass is 16.9. The number of carbonyl (C=O) groups is 6. The van der Waals surface area contributed by atoms with Crippen LogP contribution in [-0.4, -0.2) is 52.3 Å². The fourth-order valence-corrected chi connectivity index (χ4v) is 2.98. The van der Waals surface area contributed by atoms with Crippen molar-refractivity contribution in [1.82, 2.24) is 9.96 Å². The summed E-state index contributed by atoms with van der Waals surface area (Å²) >= 11 is 0. The Hall–Kier alpha value is -4.02. The summed E-state index contributed by atoms with van der Waals surface area (Å²) in [4.78, 5) is 76.2. The van der Waals surface area contributed by atoms with Crippen LogP contribution >= 0.6 is 0 Å². The van der Waals surface area contributed by atoms with E-state index in [4.69, 9.17) is 9.47 Å². The molecule has 0 aromatic heterocycles. The molecule has 32 heavy (non-hydrogen) atoms. The fourth-order valence-electron chi connectivity index (χ4n) is 2.98. The maximum atomic E-state index is 12.2. The van der Waals surface area contributed by atoms with Gasteiger partial charge in [0.2, 0.25) is 0 Å². The minimum atomic E-state index is -1.46. The molecule has 0 aliphatic carbocycles. The highest BCUT2D eigenvalue weighted by molar-refractivity contribution is 6.12. The second kappa shape index (κ2) is 10.3. The van der Waals surface area contributed by atoms with Crippen LogP contribution in [0, 0.1) is 0 Å². The van der Waals surface area contributed by atoms with Crippen LogP contribution < -0.4 is 0 Å². The molecule has 0 spiro atoms. The average Bonchev–Trinajstić information content (AvgIpc) is 3.26. The predicted octanol–water partition coefficient (Wildman–Crippen LogP) is 1.54. The average molecular weight is 444 g/mol. The van der Waals surface area contributed by atoms with E-state index in [-0.39, 0.29) is 25.8 Å². The third kappa shape index (κ3) is 5.78. The number of imide groups is 2. The number of hydroxylamine groups is 2. The van der Waals surface area contributed by atoms with E-state index in [1.807, 2.05) is 0 Å². The van der Waals surface area contributed by atoms with E-state index in [9.17, 15) is 28.8 Å².